The monoisotopic (exact) mass is 892 g/mol. The minimum absolute atomic E-state index is 0.0415. The van der Waals surface area contributed by atoms with Gasteiger partial charge in [0.05, 0.1) is 0 Å². The van der Waals surface area contributed by atoms with E-state index in [0.717, 1.165) is 0 Å². The van der Waals surface area contributed by atoms with Crippen LogP contribution in [0, 0.1) is 37.3 Å². The van der Waals surface area contributed by atoms with Crippen LogP contribution in [0.4, 0.5) is 20.2 Å². The van der Waals surface area contributed by atoms with Crippen molar-refractivity contribution < 1.29 is 43.6 Å². The Morgan fingerprint density at radius 1 is 0.485 bits per heavy atom. The molecule has 8 atom stereocenters. The van der Waals surface area contributed by atoms with Gasteiger partial charge in [0, 0.05) is 92.6 Å². The van der Waals surface area contributed by atoms with E-state index in [1.165, 1.54) is 48.5 Å². The van der Waals surface area contributed by atoms with E-state index >= 15 is 8.78 Å². The van der Waals surface area contributed by atoms with Gasteiger partial charge in [-0.1, -0.05) is 60.7 Å². The van der Waals surface area contributed by atoms with Crippen LogP contribution in [0.5, 0.6) is 23.0 Å². The Balaban J connectivity index is 1.10. The zero-order valence-corrected chi connectivity index (χ0v) is 37.7. The molecule has 0 spiro atoms. The quantitative estimate of drug-likeness (QED) is 0.0990. The zero-order chi connectivity index (χ0) is 47.3. The largest absolute Gasteiger partial charge is 0.508 e. The first-order chi connectivity index (χ1) is 31.5. The Morgan fingerprint density at radius 3 is 1.23 bits per heavy atom. The minimum Gasteiger partial charge on any atom is -0.508 e. The molecule has 8 rings (SSSR count). The number of Topliss-reactive ketones (excluding diaryl/α,β-unsaturated/α-hetero) is 2. The van der Waals surface area contributed by atoms with Gasteiger partial charge in [0.15, 0.2) is 17.3 Å². The number of carbonyl (C=O) groups is 3. The molecule has 0 amide bonds. The summed E-state index contributed by atoms with van der Waals surface area (Å²) in [6.07, 6.45) is 0.652. The number of phenolic OH excluding ortho intramolecular Hbond substituents is 4. The summed E-state index contributed by atoms with van der Waals surface area (Å²) in [6, 6.07) is 30.0. The summed E-state index contributed by atoms with van der Waals surface area (Å²) in [6.45, 7) is 11.2. The van der Waals surface area contributed by atoms with Crippen molar-refractivity contribution in [3.63, 3.8) is 0 Å². The van der Waals surface area contributed by atoms with E-state index < -0.39 is 29.5 Å². The third-order valence-corrected chi connectivity index (χ3v) is 14.5. The van der Waals surface area contributed by atoms with Gasteiger partial charge in [-0.2, -0.15) is 0 Å². The second-order valence-corrected chi connectivity index (χ2v) is 18.1. The van der Waals surface area contributed by atoms with Crippen LogP contribution in [0.1, 0.15) is 111 Å². The molecule has 2 aliphatic rings. The van der Waals surface area contributed by atoms with E-state index in [4.69, 9.17) is 0 Å². The zero-order valence-electron chi connectivity index (χ0n) is 37.7. The number of anilines is 2. The van der Waals surface area contributed by atoms with Gasteiger partial charge in [0.2, 0.25) is 0 Å². The third kappa shape index (κ3) is 8.27. The first-order valence-electron chi connectivity index (χ1n) is 22.4. The average molecular weight is 893 g/mol. The second kappa shape index (κ2) is 18.1. The predicted octanol–water partition coefficient (Wildman–Crippen LogP) is 11.2. The van der Waals surface area contributed by atoms with Crippen LogP contribution < -0.4 is 9.80 Å². The fourth-order valence-corrected chi connectivity index (χ4v) is 10.8. The summed E-state index contributed by atoms with van der Waals surface area (Å²) in [5.74, 6) is -4.14. The topological polar surface area (TPSA) is 139 Å². The minimum atomic E-state index is -0.613. The summed E-state index contributed by atoms with van der Waals surface area (Å²) in [4.78, 5) is 46.6. The summed E-state index contributed by atoms with van der Waals surface area (Å²) in [7, 11) is 0. The van der Waals surface area contributed by atoms with E-state index in [1.807, 2.05) is 49.6 Å². The second-order valence-electron chi connectivity index (χ2n) is 18.1. The lowest BCUT2D eigenvalue weighted by Crippen LogP contribution is -2.54. The number of benzene rings is 6. The Kier molecular flexibility index (Phi) is 12.5. The van der Waals surface area contributed by atoms with Crippen LogP contribution in [0.15, 0.2) is 121 Å². The van der Waals surface area contributed by atoms with Gasteiger partial charge in [-0.15, -0.1) is 0 Å². The number of ketones is 3. The molecule has 0 saturated carbocycles. The predicted molar refractivity (Wildman–Crippen MR) is 251 cm³/mol. The maximum Gasteiger partial charge on any atom is 0.193 e. The highest BCUT2D eigenvalue weighted by Gasteiger charge is 2.46. The standard InChI is InChI=1S/C55H54F2N2O7/c1-29-47(56)15-9-17-49(29)58-31(3)43(27-45(33(58)5)54(65)35-11-7-13-39(60)23-35)41-21-19-37(25-51(41)62)53(64)38-20-22-42(52(63)26-38)44-28-46(55(66)36-12-8-14-40(61)24-36)34(6)59(32(44)4)50-18-10-16-48(57)30(50)2/h7-26,31-34,43-46,60-63H,27-28H2,1-6H3. The van der Waals surface area contributed by atoms with Crippen LogP contribution in [0.25, 0.3) is 0 Å². The van der Waals surface area contributed by atoms with Crippen LogP contribution in [0.2, 0.25) is 0 Å². The Bertz CT molecular complexity index is 2670. The molecule has 2 saturated heterocycles. The maximum atomic E-state index is 15.0. The molecule has 0 bridgehead atoms. The van der Waals surface area contributed by atoms with Gasteiger partial charge in [0.25, 0.3) is 0 Å². The Labute approximate surface area is 383 Å². The molecule has 2 heterocycles. The van der Waals surface area contributed by atoms with Crippen LogP contribution in [-0.2, 0) is 0 Å². The fourth-order valence-electron chi connectivity index (χ4n) is 10.8. The van der Waals surface area contributed by atoms with Gasteiger partial charge < -0.3 is 30.2 Å². The number of halogens is 2. The van der Waals surface area contributed by atoms with Gasteiger partial charge in [-0.05, 0) is 126 Å². The SMILES string of the molecule is Cc1c(F)cccc1N1C(C)C(C(=O)c2cccc(O)c2)CC(c2ccc(C(=O)c3ccc(C4CC(C(=O)c5cccc(O)c5)C(C)N(c5cccc(F)c5C)C4C)c(O)c3)cc2O)C1C. The van der Waals surface area contributed by atoms with Crippen LogP contribution in [-0.4, -0.2) is 61.9 Å². The van der Waals surface area contributed by atoms with Gasteiger partial charge >= 0.3 is 0 Å². The number of aromatic hydroxyl groups is 4. The molecule has 66 heavy (non-hydrogen) atoms. The molecule has 6 aromatic rings. The average Bonchev–Trinajstić information content (AvgIpc) is 3.29. The number of carbonyl (C=O) groups excluding carboxylic acids is 3. The van der Waals surface area contributed by atoms with E-state index in [9.17, 15) is 34.8 Å². The van der Waals surface area contributed by atoms with Crippen LogP contribution >= 0.6 is 0 Å². The highest BCUT2D eigenvalue weighted by molar-refractivity contribution is 6.09. The van der Waals surface area contributed by atoms with E-state index in [0.29, 0.717) is 57.6 Å². The number of piperidine rings is 2. The lowest BCUT2D eigenvalue weighted by Gasteiger charge is -2.49. The van der Waals surface area contributed by atoms with E-state index in [2.05, 4.69) is 0 Å². The van der Waals surface area contributed by atoms with Crippen molar-refractivity contribution in [3.05, 3.63) is 177 Å². The molecule has 11 heteroatoms. The molecule has 0 radical (unpaired) electrons. The number of rotatable bonds is 10. The number of hydrogen-bond donors (Lipinski definition) is 4. The molecule has 4 N–H and O–H groups in total. The van der Waals surface area contributed by atoms with Crippen molar-refractivity contribution in [2.75, 3.05) is 9.80 Å². The van der Waals surface area contributed by atoms with Crippen LogP contribution in [0.3, 0.4) is 0 Å². The molecule has 9 nitrogen and oxygen atoms in total. The molecule has 0 aromatic heterocycles. The van der Waals surface area contributed by atoms with Crippen molar-refractivity contribution in [2.45, 2.75) is 90.4 Å². The molecule has 0 aliphatic carbocycles. The first-order valence-corrected chi connectivity index (χ1v) is 22.4. The molecule has 340 valence electrons. The van der Waals surface area contributed by atoms with Gasteiger partial charge in [0.1, 0.15) is 34.6 Å². The van der Waals surface area contributed by atoms with Crippen molar-refractivity contribution in [2.24, 2.45) is 11.8 Å². The molecule has 6 aromatic carbocycles. The highest BCUT2D eigenvalue weighted by atomic mass is 19.1. The van der Waals surface area contributed by atoms with Crippen molar-refractivity contribution in [1.82, 2.24) is 0 Å². The number of hydrogen-bond acceptors (Lipinski definition) is 9. The summed E-state index contributed by atoms with van der Waals surface area (Å²) >= 11 is 0. The van der Waals surface area contributed by atoms with E-state index in [-0.39, 0.29) is 81.5 Å². The summed E-state index contributed by atoms with van der Waals surface area (Å²) < 4.78 is 30.1. The van der Waals surface area contributed by atoms with Crippen molar-refractivity contribution in [1.29, 1.82) is 0 Å². The van der Waals surface area contributed by atoms with Crippen molar-refractivity contribution in [3.8, 4) is 23.0 Å². The summed E-state index contributed by atoms with van der Waals surface area (Å²) in [5.41, 5.74) is 4.10. The maximum absolute atomic E-state index is 15.0. The molecule has 2 aliphatic heterocycles. The normalized spacial score (nSPS) is 23.1. The Morgan fingerprint density at radius 2 is 0.864 bits per heavy atom. The molecular formula is C55H54F2N2O7. The van der Waals surface area contributed by atoms with E-state index in [1.54, 1.807) is 74.5 Å². The van der Waals surface area contributed by atoms with Gasteiger partial charge in [-0.25, -0.2) is 8.78 Å². The third-order valence-electron chi connectivity index (χ3n) is 14.5. The molecular weight excluding hydrogens is 839 g/mol. The highest BCUT2D eigenvalue weighted by Crippen LogP contribution is 2.48. The lowest BCUT2D eigenvalue weighted by atomic mass is 9.72. The lowest BCUT2D eigenvalue weighted by molar-refractivity contribution is 0.0851. The smallest absolute Gasteiger partial charge is 0.193 e. The Hall–Kier alpha value is -7.01. The van der Waals surface area contributed by atoms with Crippen molar-refractivity contribution >= 4 is 28.7 Å². The first kappa shape index (κ1) is 45.6. The number of nitrogens with zero attached hydrogens (tertiary/aromatic N) is 2. The summed E-state index contributed by atoms with van der Waals surface area (Å²) in [5, 5.41) is 43.9. The fraction of sp³-hybridized carbons (Fsp3) is 0.291. The molecule has 2 fully saturated rings. The van der Waals surface area contributed by atoms with Gasteiger partial charge in [-0.3, -0.25) is 14.4 Å². The molecule has 8 unspecified atom stereocenters. The number of phenols is 4.